The lowest BCUT2D eigenvalue weighted by atomic mass is 9.87. The Labute approximate surface area is 277 Å². The summed E-state index contributed by atoms with van der Waals surface area (Å²) < 4.78 is 25.5. The van der Waals surface area contributed by atoms with Crippen LogP contribution in [-0.2, 0) is 32.1 Å². The van der Waals surface area contributed by atoms with Crippen molar-refractivity contribution in [2.45, 2.75) is 70.8 Å². The van der Waals surface area contributed by atoms with E-state index in [4.69, 9.17) is 15.2 Å². The number of hydrogen-bond donors (Lipinski definition) is 3. The number of fused-ring (bicyclic) bond motifs is 1. The molecule has 0 bridgehead atoms. The lowest BCUT2D eigenvalue weighted by molar-refractivity contribution is -0.142. The normalized spacial score (nSPS) is 13.3. The number of aromatic nitrogens is 2. The molecule has 12 heteroatoms. The number of nitrogens with one attached hydrogen (secondary N) is 1. The molecule has 3 unspecified atom stereocenters. The Kier molecular flexibility index (Phi) is 11.9. The van der Waals surface area contributed by atoms with Crippen molar-refractivity contribution in [2.75, 3.05) is 0 Å². The standard InChI is InChI=1S/C36H39FN4O7/c1-22(42)47-21-25-10-4-5-12-27(25)35(45)48-32(19-24(33(38)43)15-16-36(2,3)46)30(18-23-9-8-11-26(37)17-23)41-34(44)31-20-39-28-13-6-7-14-29(28)40-31/h4-14,17,20,24,30,32,46H,15-16,18-19,21H2,1-3H3,(H2,38,43)(H,41,44). The molecule has 0 fully saturated rings. The molecule has 3 aromatic carbocycles. The summed E-state index contributed by atoms with van der Waals surface area (Å²) in [5.41, 5.74) is 6.71. The molecule has 4 N–H and O–H groups in total. The number of carbonyl (C=O) groups is 4. The molecule has 0 aliphatic heterocycles. The van der Waals surface area contributed by atoms with Crippen molar-refractivity contribution < 1.29 is 38.1 Å². The number of benzene rings is 3. The predicted octanol–water partition coefficient (Wildman–Crippen LogP) is 4.44. The van der Waals surface area contributed by atoms with Gasteiger partial charge in [0.25, 0.3) is 5.91 Å². The highest BCUT2D eigenvalue weighted by Gasteiger charge is 2.34. The number of carbonyl (C=O) groups excluding carboxylic acids is 4. The zero-order valence-electron chi connectivity index (χ0n) is 27.0. The topological polar surface area (TPSA) is 171 Å². The van der Waals surface area contributed by atoms with E-state index in [-0.39, 0.29) is 43.5 Å². The number of rotatable bonds is 15. The summed E-state index contributed by atoms with van der Waals surface area (Å²) in [6, 6.07) is 18.1. The van der Waals surface area contributed by atoms with Crippen LogP contribution in [0.1, 0.15) is 72.0 Å². The van der Waals surface area contributed by atoms with Crippen LogP contribution in [0.2, 0.25) is 0 Å². The number of primary amides is 1. The van der Waals surface area contributed by atoms with Crippen LogP contribution in [0.5, 0.6) is 0 Å². The van der Waals surface area contributed by atoms with Gasteiger partial charge in [-0.1, -0.05) is 42.5 Å². The van der Waals surface area contributed by atoms with Crippen molar-refractivity contribution >= 4 is 34.8 Å². The molecule has 0 radical (unpaired) electrons. The minimum Gasteiger partial charge on any atom is -0.461 e. The van der Waals surface area contributed by atoms with Gasteiger partial charge in [0.15, 0.2) is 0 Å². The first kappa shape index (κ1) is 35.6. The summed E-state index contributed by atoms with van der Waals surface area (Å²) in [6.45, 7) is 4.25. The Morgan fingerprint density at radius 2 is 1.71 bits per heavy atom. The molecular formula is C36H39FN4O7. The Hall–Kier alpha value is -5.23. The molecule has 0 aliphatic rings. The highest BCUT2D eigenvalue weighted by Crippen LogP contribution is 2.25. The third-order valence-corrected chi connectivity index (χ3v) is 7.74. The van der Waals surface area contributed by atoms with Crippen molar-refractivity contribution in [3.63, 3.8) is 0 Å². The Morgan fingerprint density at radius 1 is 1.00 bits per heavy atom. The fourth-order valence-corrected chi connectivity index (χ4v) is 5.21. The first-order chi connectivity index (χ1) is 22.8. The molecule has 2 amide bonds. The zero-order chi connectivity index (χ0) is 34.8. The van der Waals surface area contributed by atoms with Crippen LogP contribution in [-0.4, -0.2) is 56.6 Å². The van der Waals surface area contributed by atoms with E-state index < -0.39 is 53.2 Å². The maximum Gasteiger partial charge on any atom is 0.338 e. The van der Waals surface area contributed by atoms with Gasteiger partial charge in [-0.15, -0.1) is 0 Å². The number of esters is 2. The molecule has 0 aliphatic carbocycles. The van der Waals surface area contributed by atoms with E-state index in [1.165, 1.54) is 37.4 Å². The van der Waals surface area contributed by atoms with Gasteiger partial charge in [-0.25, -0.2) is 14.2 Å². The summed E-state index contributed by atoms with van der Waals surface area (Å²) in [4.78, 5) is 60.4. The molecular weight excluding hydrogens is 619 g/mol. The van der Waals surface area contributed by atoms with E-state index in [1.807, 2.05) is 0 Å². The lowest BCUT2D eigenvalue weighted by Gasteiger charge is -2.31. The van der Waals surface area contributed by atoms with E-state index in [2.05, 4.69) is 15.3 Å². The zero-order valence-corrected chi connectivity index (χ0v) is 27.0. The Balaban J connectivity index is 1.74. The highest BCUT2D eigenvalue weighted by atomic mass is 19.1. The molecule has 11 nitrogen and oxygen atoms in total. The highest BCUT2D eigenvalue weighted by molar-refractivity contribution is 5.94. The minimum absolute atomic E-state index is 0.00543. The summed E-state index contributed by atoms with van der Waals surface area (Å²) in [7, 11) is 0. The number of para-hydroxylation sites is 2. The van der Waals surface area contributed by atoms with Crippen LogP contribution in [0.15, 0.2) is 79.0 Å². The fourth-order valence-electron chi connectivity index (χ4n) is 5.21. The van der Waals surface area contributed by atoms with Gasteiger partial charge in [0.05, 0.1) is 34.4 Å². The van der Waals surface area contributed by atoms with Crippen LogP contribution < -0.4 is 11.1 Å². The Morgan fingerprint density at radius 3 is 2.40 bits per heavy atom. The van der Waals surface area contributed by atoms with Gasteiger partial charge in [-0.3, -0.25) is 19.4 Å². The van der Waals surface area contributed by atoms with E-state index in [0.717, 1.165) is 0 Å². The number of nitrogens with two attached hydrogens (primary N) is 1. The molecule has 252 valence electrons. The molecule has 3 atom stereocenters. The summed E-state index contributed by atoms with van der Waals surface area (Å²) in [5, 5.41) is 13.3. The van der Waals surface area contributed by atoms with E-state index >= 15 is 0 Å². The molecule has 1 aromatic heterocycles. The first-order valence-corrected chi connectivity index (χ1v) is 15.5. The van der Waals surface area contributed by atoms with Crippen LogP contribution in [0.4, 0.5) is 4.39 Å². The van der Waals surface area contributed by atoms with E-state index in [0.29, 0.717) is 22.2 Å². The number of halogens is 1. The Bertz CT molecular complexity index is 1770. The van der Waals surface area contributed by atoms with Gasteiger partial charge < -0.3 is 25.6 Å². The second-order valence-electron chi connectivity index (χ2n) is 12.2. The molecule has 0 spiro atoms. The fraction of sp³-hybridized carbons (Fsp3) is 0.333. The van der Waals surface area contributed by atoms with Crippen molar-refractivity contribution in [3.8, 4) is 0 Å². The predicted molar refractivity (Wildman–Crippen MR) is 175 cm³/mol. The SMILES string of the molecule is CC(=O)OCc1ccccc1C(=O)OC(CC(CCC(C)(C)O)C(N)=O)C(Cc1cccc(F)c1)NC(=O)c1cnc2ccccc2n1. The molecule has 0 saturated carbocycles. The quantitative estimate of drug-likeness (QED) is 0.156. The number of amides is 2. The first-order valence-electron chi connectivity index (χ1n) is 15.5. The monoisotopic (exact) mass is 658 g/mol. The number of ether oxygens (including phenoxy) is 2. The van der Waals surface area contributed by atoms with Gasteiger partial charge in [0.2, 0.25) is 5.91 Å². The smallest absolute Gasteiger partial charge is 0.338 e. The number of nitrogens with zero attached hydrogens (tertiary/aromatic N) is 2. The van der Waals surface area contributed by atoms with Crippen molar-refractivity contribution in [3.05, 3.63) is 107 Å². The van der Waals surface area contributed by atoms with Gasteiger partial charge in [0, 0.05) is 18.4 Å². The van der Waals surface area contributed by atoms with Gasteiger partial charge in [-0.05, 0) is 75.4 Å². The summed E-state index contributed by atoms with van der Waals surface area (Å²) in [6.07, 6.45) is 0.367. The third-order valence-electron chi connectivity index (χ3n) is 7.74. The average Bonchev–Trinajstić information content (AvgIpc) is 3.04. The number of aliphatic hydroxyl groups is 1. The number of hydrogen-bond acceptors (Lipinski definition) is 9. The molecule has 4 aromatic rings. The molecule has 4 rings (SSSR count). The second kappa shape index (κ2) is 16.1. The summed E-state index contributed by atoms with van der Waals surface area (Å²) >= 11 is 0. The van der Waals surface area contributed by atoms with Crippen molar-refractivity contribution in [1.82, 2.24) is 15.3 Å². The third kappa shape index (κ3) is 10.4. The van der Waals surface area contributed by atoms with Gasteiger partial charge in [-0.2, -0.15) is 0 Å². The molecule has 1 heterocycles. The van der Waals surface area contributed by atoms with Crippen LogP contribution >= 0.6 is 0 Å². The van der Waals surface area contributed by atoms with E-state index in [1.54, 1.807) is 62.4 Å². The maximum absolute atomic E-state index is 14.3. The molecule has 0 saturated heterocycles. The van der Waals surface area contributed by atoms with Crippen LogP contribution in [0, 0.1) is 11.7 Å². The average molecular weight is 659 g/mol. The van der Waals surface area contributed by atoms with Crippen LogP contribution in [0.3, 0.4) is 0 Å². The van der Waals surface area contributed by atoms with Gasteiger partial charge in [0.1, 0.15) is 24.2 Å². The minimum atomic E-state index is -1.18. The molecule has 48 heavy (non-hydrogen) atoms. The second-order valence-corrected chi connectivity index (χ2v) is 12.2. The largest absolute Gasteiger partial charge is 0.461 e. The van der Waals surface area contributed by atoms with E-state index in [9.17, 15) is 28.7 Å². The van der Waals surface area contributed by atoms with Gasteiger partial charge >= 0.3 is 11.9 Å². The summed E-state index contributed by atoms with van der Waals surface area (Å²) in [5.74, 6) is -4.06. The lowest BCUT2D eigenvalue weighted by Crippen LogP contribution is -2.48. The van der Waals surface area contributed by atoms with Crippen molar-refractivity contribution in [1.29, 1.82) is 0 Å². The van der Waals surface area contributed by atoms with Crippen LogP contribution in [0.25, 0.3) is 11.0 Å². The van der Waals surface area contributed by atoms with Crippen molar-refractivity contribution in [2.24, 2.45) is 11.7 Å². The maximum atomic E-state index is 14.3.